The van der Waals surface area contributed by atoms with Crippen LogP contribution in [0.4, 0.5) is 9.18 Å². The van der Waals surface area contributed by atoms with Gasteiger partial charge in [-0.3, -0.25) is 4.90 Å². The molecule has 0 aliphatic carbocycles. The summed E-state index contributed by atoms with van der Waals surface area (Å²) in [6.07, 6.45) is 0.306. The van der Waals surface area contributed by atoms with Gasteiger partial charge in [-0.1, -0.05) is 6.07 Å². The van der Waals surface area contributed by atoms with Gasteiger partial charge < -0.3 is 15.2 Å². The highest BCUT2D eigenvalue weighted by Gasteiger charge is 2.26. The molecule has 1 saturated heterocycles. The summed E-state index contributed by atoms with van der Waals surface area (Å²) >= 11 is 0. The number of halogens is 1. The predicted octanol–water partition coefficient (Wildman–Crippen LogP) is 2.62. The Kier molecular flexibility index (Phi) is 5.43. The number of alkyl carbamates (subject to hydrolysis) is 1. The maximum atomic E-state index is 14.0. The molecule has 2 rings (SSSR count). The normalized spacial score (nSPS) is 18.4. The zero-order valence-electron chi connectivity index (χ0n) is 14.1. The number of carboxylic acid groups (broad SMARTS) is 1. The molecule has 0 aromatic heterocycles. The average Bonchev–Trinajstić information content (AvgIpc) is 2.85. The van der Waals surface area contributed by atoms with Crippen LogP contribution in [-0.4, -0.2) is 46.8 Å². The van der Waals surface area contributed by atoms with Crippen LogP contribution >= 0.6 is 0 Å². The van der Waals surface area contributed by atoms with Crippen molar-refractivity contribution in [2.75, 3.05) is 13.1 Å². The van der Waals surface area contributed by atoms with Crippen LogP contribution < -0.4 is 5.32 Å². The minimum Gasteiger partial charge on any atom is -0.478 e. The maximum absolute atomic E-state index is 14.0. The van der Waals surface area contributed by atoms with Gasteiger partial charge in [-0.05, 0) is 39.3 Å². The average molecular weight is 338 g/mol. The van der Waals surface area contributed by atoms with Crippen LogP contribution in [0.1, 0.15) is 43.1 Å². The Balaban J connectivity index is 1.88. The number of nitrogens with zero attached hydrogens (tertiary/aromatic N) is 1. The van der Waals surface area contributed by atoms with E-state index in [0.29, 0.717) is 18.7 Å². The summed E-state index contributed by atoms with van der Waals surface area (Å²) in [7, 11) is 0. The first kappa shape index (κ1) is 18.2. The summed E-state index contributed by atoms with van der Waals surface area (Å²) in [4.78, 5) is 24.6. The number of carboxylic acids is 1. The number of nitrogens with one attached hydrogen (secondary N) is 1. The van der Waals surface area contributed by atoms with E-state index in [9.17, 15) is 14.0 Å². The van der Waals surface area contributed by atoms with E-state index in [0.717, 1.165) is 19.0 Å². The number of amides is 1. The Hall–Kier alpha value is -2.15. The molecule has 1 amide bonds. The van der Waals surface area contributed by atoms with E-state index in [4.69, 9.17) is 9.84 Å². The van der Waals surface area contributed by atoms with Crippen molar-refractivity contribution in [1.82, 2.24) is 10.2 Å². The number of aromatic carboxylic acids is 1. The minimum atomic E-state index is -1.15. The lowest BCUT2D eigenvalue weighted by atomic mass is 10.1. The third-order valence-corrected chi connectivity index (χ3v) is 3.69. The molecule has 0 bridgehead atoms. The van der Waals surface area contributed by atoms with Crippen LogP contribution in [0.25, 0.3) is 0 Å². The van der Waals surface area contributed by atoms with Gasteiger partial charge in [0.2, 0.25) is 0 Å². The maximum Gasteiger partial charge on any atom is 0.407 e. The Labute approximate surface area is 140 Å². The van der Waals surface area contributed by atoms with Gasteiger partial charge in [0.1, 0.15) is 11.4 Å². The highest BCUT2D eigenvalue weighted by atomic mass is 19.1. The molecule has 2 N–H and O–H groups in total. The van der Waals surface area contributed by atoms with E-state index in [-0.39, 0.29) is 11.6 Å². The zero-order chi connectivity index (χ0) is 17.9. The number of rotatable bonds is 4. The van der Waals surface area contributed by atoms with Crippen molar-refractivity contribution in [3.05, 3.63) is 35.1 Å². The van der Waals surface area contributed by atoms with Crippen molar-refractivity contribution in [2.24, 2.45) is 0 Å². The molecule has 7 heteroatoms. The van der Waals surface area contributed by atoms with Crippen molar-refractivity contribution < 1.29 is 23.8 Å². The number of hydrogen-bond acceptors (Lipinski definition) is 4. The smallest absolute Gasteiger partial charge is 0.407 e. The summed E-state index contributed by atoms with van der Waals surface area (Å²) < 4.78 is 19.2. The second-order valence-corrected chi connectivity index (χ2v) is 6.98. The van der Waals surface area contributed by atoms with E-state index >= 15 is 0 Å². The molecule has 132 valence electrons. The lowest BCUT2D eigenvalue weighted by molar-refractivity contribution is 0.0505. The molecule has 0 radical (unpaired) electrons. The fourth-order valence-electron chi connectivity index (χ4n) is 2.62. The van der Waals surface area contributed by atoms with Gasteiger partial charge >= 0.3 is 12.1 Å². The first-order chi connectivity index (χ1) is 11.1. The quantitative estimate of drug-likeness (QED) is 0.882. The minimum absolute atomic E-state index is 0.0406. The zero-order valence-corrected chi connectivity index (χ0v) is 14.1. The molecule has 1 aromatic carbocycles. The predicted molar refractivity (Wildman–Crippen MR) is 86.4 cm³/mol. The van der Waals surface area contributed by atoms with Crippen LogP contribution in [0.3, 0.4) is 0 Å². The van der Waals surface area contributed by atoms with E-state index in [1.807, 2.05) is 4.90 Å². The fraction of sp³-hybridized carbons (Fsp3) is 0.529. The molecule has 24 heavy (non-hydrogen) atoms. The number of likely N-dealkylation sites (tertiary alicyclic amines) is 1. The van der Waals surface area contributed by atoms with E-state index in [1.165, 1.54) is 12.1 Å². The summed E-state index contributed by atoms with van der Waals surface area (Å²) in [6.45, 7) is 7.10. The Morgan fingerprint density at radius 1 is 1.42 bits per heavy atom. The van der Waals surface area contributed by atoms with Gasteiger partial charge in [0.15, 0.2) is 0 Å². The lowest BCUT2D eigenvalue weighted by Crippen LogP contribution is -2.40. The van der Waals surface area contributed by atoms with Crippen LogP contribution in [0.5, 0.6) is 0 Å². The number of carbonyl (C=O) groups excluding carboxylic acids is 1. The molecule has 1 aliphatic heterocycles. The summed E-state index contributed by atoms with van der Waals surface area (Å²) in [5.41, 5.74) is -0.169. The molecule has 1 aromatic rings. The van der Waals surface area contributed by atoms with Crippen molar-refractivity contribution >= 4 is 12.1 Å². The van der Waals surface area contributed by atoms with Gasteiger partial charge in [0.05, 0.1) is 5.56 Å². The van der Waals surface area contributed by atoms with Crippen molar-refractivity contribution in [3.8, 4) is 0 Å². The van der Waals surface area contributed by atoms with Gasteiger partial charge in [0.25, 0.3) is 0 Å². The number of ether oxygens (including phenoxy) is 1. The number of hydrogen-bond donors (Lipinski definition) is 2. The van der Waals surface area contributed by atoms with E-state index in [1.54, 1.807) is 20.8 Å². The second-order valence-electron chi connectivity index (χ2n) is 6.98. The van der Waals surface area contributed by atoms with Gasteiger partial charge in [-0.15, -0.1) is 0 Å². The number of benzene rings is 1. The molecule has 1 aliphatic rings. The molecule has 0 saturated carbocycles. The lowest BCUT2D eigenvalue weighted by Gasteiger charge is -2.22. The van der Waals surface area contributed by atoms with Crippen LogP contribution in [0, 0.1) is 5.82 Å². The third kappa shape index (κ3) is 5.19. The topological polar surface area (TPSA) is 78.9 Å². The van der Waals surface area contributed by atoms with Crippen molar-refractivity contribution in [1.29, 1.82) is 0 Å². The highest BCUT2D eigenvalue weighted by Crippen LogP contribution is 2.18. The summed E-state index contributed by atoms with van der Waals surface area (Å²) in [6, 6.07) is 3.88. The molecule has 0 spiro atoms. The molecule has 1 atom stereocenters. The SMILES string of the molecule is CC(C)(C)OC(=O)N[C@@H]1CCN(Cc2ccc(C(=O)O)cc2F)C1. The summed E-state index contributed by atoms with van der Waals surface area (Å²) in [5.74, 6) is -1.68. The number of carbonyl (C=O) groups is 2. The molecule has 1 heterocycles. The Morgan fingerprint density at radius 2 is 2.12 bits per heavy atom. The van der Waals surface area contributed by atoms with Crippen molar-refractivity contribution in [2.45, 2.75) is 45.4 Å². The molecular weight excluding hydrogens is 315 g/mol. The molecule has 0 unspecified atom stereocenters. The Morgan fingerprint density at radius 3 is 2.71 bits per heavy atom. The van der Waals surface area contributed by atoms with Crippen molar-refractivity contribution in [3.63, 3.8) is 0 Å². The van der Waals surface area contributed by atoms with Crippen LogP contribution in [0.15, 0.2) is 18.2 Å². The standard InChI is InChI=1S/C17H23FN2O4/c1-17(2,3)24-16(23)19-13-6-7-20(10-13)9-12-5-4-11(15(21)22)8-14(12)18/h4-5,8,13H,6-7,9-10H2,1-3H3,(H,19,23)(H,21,22)/t13-/m1/s1. The first-order valence-electron chi connectivity index (χ1n) is 7.87. The molecule has 6 nitrogen and oxygen atoms in total. The first-order valence-corrected chi connectivity index (χ1v) is 7.87. The van der Waals surface area contributed by atoms with Gasteiger partial charge in [-0.2, -0.15) is 0 Å². The van der Waals surface area contributed by atoms with Gasteiger partial charge in [-0.25, -0.2) is 14.0 Å². The largest absolute Gasteiger partial charge is 0.478 e. The monoisotopic (exact) mass is 338 g/mol. The van der Waals surface area contributed by atoms with E-state index < -0.39 is 23.5 Å². The highest BCUT2D eigenvalue weighted by molar-refractivity contribution is 5.87. The second kappa shape index (κ2) is 7.17. The Bertz CT molecular complexity index is 628. The summed E-state index contributed by atoms with van der Waals surface area (Å²) in [5, 5.41) is 11.7. The molecular formula is C17H23FN2O4. The molecule has 1 fully saturated rings. The van der Waals surface area contributed by atoms with E-state index in [2.05, 4.69) is 5.32 Å². The van der Waals surface area contributed by atoms with Gasteiger partial charge in [0, 0.05) is 31.2 Å². The third-order valence-electron chi connectivity index (χ3n) is 3.69. The van der Waals surface area contributed by atoms with Crippen LogP contribution in [-0.2, 0) is 11.3 Å². The van der Waals surface area contributed by atoms with Crippen LogP contribution in [0.2, 0.25) is 0 Å². The fourth-order valence-corrected chi connectivity index (χ4v) is 2.62.